The van der Waals surface area contributed by atoms with Gasteiger partial charge in [-0.1, -0.05) is 6.07 Å². The topological polar surface area (TPSA) is 44.1 Å². The average Bonchev–Trinajstić information content (AvgIpc) is 2.66. The zero-order valence-electron chi connectivity index (χ0n) is 11.4. The van der Waals surface area contributed by atoms with Crippen LogP contribution in [0.15, 0.2) is 22.7 Å². The summed E-state index contributed by atoms with van der Waals surface area (Å²) in [6, 6.07) is 4.45. The monoisotopic (exact) mass is 340 g/mol. The maximum absolute atomic E-state index is 13.8. The fourth-order valence-corrected chi connectivity index (χ4v) is 2.22. The molecule has 0 saturated heterocycles. The Kier molecular flexibility index (Phi) is 4.23. The van der Waals surface area contributed by atoms with Crippen molar-refractivity contribution in [2.75, 3.05) is 7.11 Å². The summed E-state index contributed by atoms with van der Waals surface area (Å²) in [7, 11) is 1.23. The number of ether oxygens (including phenoxy) is 1. The highest BCUT2D eigenvalue weighted by molar-refractivity contribution is 9.10. The summed E-state index contributed by atoms with van der Waals surface area (Å²) >= 11 is 3.45. The van der Waals surface area contributed by atoms with Crippen LogP contribution in [0.4, 0.5) is 4.39 Å². The van der Waals surface area contributed by atoms with E-state index in [2.05, 4.69) is 25.8 Å². The van der Waals surface area contributed by atoms with Gasteiger partial charge in [0.1, 0.15) is 5.82 Å². The first-order valence-corrected chi connectivity index (χ1v) is 6.79. The van der Waals surface area contributed by atoms with Gasteiger partial charge in [-0.2, -0.15) is 5.10 Å². The summed E-state index contributed by atoms with van der Waals surface area (Å²) in [4.78, 5) is 11.3. The Bertz CT molecular complexity index is 667. The van der Waals surface area contributed by atoms with E-state index in [1.54, 1.807) is 10.7 Å². The summed E-state index contributed by atoms with van der Waals surface area (Å²) in [5.74, 6) is -1.27. The number of nitrogens with zero attached hydrogens (tertiary/aromatic N) is 2. The van der Waals surface area contributed by atoms with Crippen molar-refractivity contribution in [3.8, 4) is 0 Å². The van der Waals surface area contributed by atoms with Crippen LogP contribution in [0.5, 0.6) is 0 Å². The molecule has 0 radical (unpaired) electrons. The van der Waals surface area contributed by atoms with Crippen molar-refractivity contribution >= 4 is 21.9 Å². The average molecular weight is 341 g/mol. The lowest BCUT2D eigenvalue weighted by atomic mass is 10.1. The van der Waals surface area contributed by atoms with Gasteiger partial charge in [-0.25, -0.2) is 9.18 Å². The molecule has 0 aliphatic heterocycles. The molecule has 0 bridgehead atoms. The van der Waals surface area contributed by atoms with Crippen molar-refractivity contribution in [2.24, 2.45) is 0 Å². The summed E-state index contributed by atoms with van der Waals surface area (Å²) in [6.45, 7) is 4.27. The third kappa shape index (κ3) is 2.75. The van der Waals surface area contributed by atoms with Gasteiger partial charge in [0.15, 0.2) is 0 Å². The van der Waals surface area contributed by atoms with E-state index in [1.807, 2.05) is 13.8 Å². The molecule has 2 rings (SSSR count). The SMILES string of the molecule is COC(=O)c1ccc(Cn2nc(C)c(Br)c2C)cc1F. The van der Waals surface area contributed by atoms with Crippen LogP contribution in [0, 0.1) is 19.7 Å². The smallest absolute Gasteiger partial charge is 0.340 e. The van der Waals surface area contributed by atoms with Crippen LogP contribution in [-0.4, -0.2) is 22.9 Å². The molecule has 0 aliphatic rings. The second-order valence-corrected chi connectivity index (χ2v) is 5.24. The Labute approximate surface area is 124 Å². The van der Waals surface area contributed by atoms with E-state index < -0.39 is 11.8 Å². The molecule has 1 aromatic heterocycles. The highest BCUT2D eigenvalue weighted by Crippen LogP contribution is 2.21. The second-order valence-electron chi connectivity index (χ2n) is 4.45. The minimum Gasteiger partial charge on any atom is -0.465 e. The van der Waals surface area contributed by atoms with Crippen molar-refractivity contribution in [2.45, 2.75) is 20.4 Å². The molecule has 106 valence electrons. The quantitative estimate of drug-likeness (QED) is 0.805. The van der Waals surface area contributed by atoms with Crippen molar-refractivity contribution in [3.63, 3.8) is 0 Å². The van der Waals surface area contributed by atoms with E-state index in [0.717, 1.165) is 21.4 Å². The lowest BCUT2D eigenvalue weighted by Crippen LogP contribution is -2.08. The van der Waals surface area contributed by atoms with E-state index >= 15 is 0 Å². The van der Waals surface area contributed by atoms with E-state index in [1.165, 1.54) is 19.2 Å². The maximum atomic E-state index is 13.8. The molecule has 6 heteroatoms. The minimum atomic E-state index is -0.678. The van der Waals surface area contributed by atoms with Gasteiger partial charge in [-0.05, 0) is 47.5 Å². The number of hydrogen-bond acceptors (Lipinski definition) is 3. The molecule has 20 heavy (non-hydrogen) atoms. The van der Waals surface area contributed by atoms with E-state index in [0.29, 0.717) is 6.54 Å². The summed E-state index contributed by atoms with van der Waals surface area (Å²) < 4.78 is 21.1. The Morgan fingerprint density at radius 2 is 2.15 bits per heavy atom. The molecule has 0 N–H and O–H groups in total. The third-order valence-corrected chi connectivity index (χ3v) is 4.21. The van der Waals surface area contributed by atoms with Crippen LogP contribution >= 0.6 is 15.9 Å². The predicted octanol–water partition coefficient (Wildman–Crippen LogP) is 3.24. The summed E-state index contributed by atoms with van der Waals surface area (Å²) in [6.07, 6.45) is 0. The standard InChI is InChI=1S/C14H14BrFN2O2/c1-8-13(15)9(2)18(17-8)7-10-4-5-11(12(16)6-10)14(19)20-3/h4-6H,7H2,1-3H3. The molecule has 0 amide bonds. The second kappa shape index (κ2) is 5.75. The van der Waals surface area contributed by atoms with Gasteiger partial charge in [0, 0.05) is 0 Å². The molecular weight excluding hydrogens is 327 g/mol. The molecule has 0 atom stereocenters. The summed E-state index contributed by atoms with van der Waals surface area (Å²) in [5, 5.41) is 4.36. The third-order valence-electron chi connectivity index (χ3n) is 3.06. The maximum Gasteiger partial charge on any atom is 0.340 e. The van der Waals surface area contributed by atoms with Crippen LogP contribution in [0.1, 0.15) is 27.3 Å². The molecule has 1 aromatic carbocycles. The van der Waals surface area contributed by atoms with Gasteiger partial charge in [-0.15, -0.1) is 0 Å². The van der Waals surface area contributed by atoms with Crippen molar-refractivity contribution in [1.29, 1.82) is 0 Å². The Morgan fingerprint density at radius 3 is 2.65 bits per heavy atom. The van der Waals surface area contributed by atoms with Gasteiger partial charge in [0.05, 0.1) is 35.1 Å². The molecule has 0 saturated carbocycles. The van der Waals surface area contributed by atoms with Crippen LogP contribution in [0.25, 0.3) is 0 Å². The number of methoxy groups -OCH3 is 1. The van der Waals surface area contributed by atoms with E-state index in [-0.39, 0.29) is 5.56 Å². The predicted molar refractivity (Wildman–Crippen MR) is 76.2 cm³/mol. The Balaban J connectivity index is 2.29. The summed E-state index contributed by atoms with van der Waals surface area (Å²) in [5.41, 5.74) is 2.52. The number of rotatable bonds is 3. The number of aryl methyl sites for hydroxylation is 1. The van der Waals surface area contributed by atoms with Crippen LogP contribution < -0.4 is 0 Å². The highest BCUT2D eigenvalue weighted by atomic mass is 79.9. The first-order valence-electron chi connectivity index (χ1n) is 6.00. The number of benzene rings is 1. The van der Waals surface area contributed by atoms with E-state index in [4.69, 9.17) is 0 Å². The normalized spacial score (nSPS) is 10.7. The molecule has 0 aliphatic carbocycles. The number of carbonyl (C=O) groups is 1. The highest BCUT2D eigenvalue weighted by Gasteiger charge is 2.14. The molecule has 2 aromatic rings. The van der Waals surface area contributed by atoms with Gasteiger partial charge in [0.2, 0.25) is 0 Å². The Hall–Kier alpha value is -1.69. The first kappa shape index (κ1) is 14.7. The zero-order valence-corrected chi connectivity index (χ0v) is 13.0. The van der Waals surface area contributed by atoms with Gasteiger partial charge >= 0.3 is 5.97 Å². The molecule has 1 heterocycles. The number of aromatic nitrogens is 2. The van der Waals surface area contributed by atoms with Crippen molar-refractivity contribution in [1.82, 2.24) is 9.78 Å². The van der Waals surface area contributed by atoms with Crippen LogP contribution in [0.2, 0.25) is 0 Å². The molecular formula is C14H14BrFN2O2. The van der Waals surface area contributed by atoms with Crippen LogP contribution in [-0.2, 0) is 11.3 Å². The number of hydrogen-bond donors (Lipinski definition) is 0. The van der Waals surface area contributed by atoms with E-state index in [9.17, 15) is 9.18 Å². The largest absolute Gasteiger partial charge is 0.465 e. The number of esters is 1. The molecule has 0 unspecified atom stereocenters. The lowest BCUT2D eigenvalue weighted by Gasteiger charge is -2.07. The fraction of sp³-hybridized carbons (Fsp3) is 0.286. The van der Waals surface area contributed by atoms with Gasteiger partial charge < -0.3 is 4.74 Å². The first-order chi connectivity index (χ1) is 9.43. The van der Waals surface area contributed by atoms with Gasteiger partial charge in [0.25, 0.3) is 0 Å². The molecule has 0 fully saturated rings. The van der Waals surface area contributed by atoms with Crippen molar-refractivity contribution < 1.29 is 13.9 Å². The van der Waals surface area contributed by atoms with Gasteiger partial charge in [-0.3, -0.25) is 4.68 Å². The van der Waals surface area contributed by atoms with Crippen molar-refractivity contribution in [3.05, 3.63) is 51.0 Å². The molecule has 4 nitrogen and oxygen atoms in total. The number of halogens is 2. The lowest BCUT2D eigenvalue weighted by molar-refractivity contribution is 0.0595. The minimum absolute atomic E-state index is 0.0641. The zero-order chi connectivity index (χ0) is 14.9. The van der Waals surface area contributed by atoms with Crippen LogP contribution in [0.3, 0.4) is 0 Å². The Morgan fingerprint density at radius 1 is 1.45 bits per heavy atom. The fourth-order valence-electron chi connectivity index (χ4n) is 1.93. The molecule has 0 spiro atoms. The number of carbonyl (C=O) groups excluding carboxylic acids is 1.